The van der Waals surface area contributed by atoms with Crippen LogP contribution in [0.3, 0.4) is 0 Å². The van der Waals surface area contributed by atoms with Crippen molar-refractivity contribution >= 4 is 6.08 Å². The molecule has 1 aliphatic carbocycles. The lowest BCUT2D eigenvalue weighted by atomic mass is 9.70. The third-order valence-electron chi connectivity index (χ3n) is 9.55. The van der Waals surface area contributed by atoms with Crippen LogP contribution in [-0.4, -0.2) is 0 Å². The van der Waals surface area contributed by atoms with Crippen molar-refractivity contribution in [2.24, 2.45) is 0 Å². The number of hydrogen-bond acceptors (Lipinski definition) is 0. The molecule has 0 N–H and O–H groups in total. The average Bonchev–Trinajstić information content (AvgIpc) is 3.25. The molecule has 220 valence electrons. The van der Waals surface area contributed by atoms with Crippen LogP contribution < -0.4 is 0 Å². The molecule has 0 nitrogen and oxygen atoms in total. The van der Waals surface area contributed by atoms with E-state index in [2.05, 4.69) is 101 Å². The van der Waals surface area contributed by atoms with E-state index in [1.54, 1.807) is 11.1 Å². The van der Waals surface area contributed by atoms with Gasteiger partial charge in [0, 0.05) is 5.41 Å². The number of unbranched alkanes of at least 4 members (excludes halogenated alkanes) is 10. The molecule has 3 aromatic rings. The molecule has 0 atom stereocenters. The van der Waals surface area contributed by atoms with Crippen molar-refractivity contribution in [1.82, 2.24) is 0 Å². The Balaban J connectivity index is 1.65. The van der Waals surface area contributed by atoms with Crippen molar-refractivity contribution in [3.63, 3.8) is 0 Å². The molecule has 0 bridgehead atoms. The van der Waals surface area contributed by atoms with Crippen molar-refractivity contribution in [3.8, 4) is 11.1 Å². The summed E-state index contributed by atoms with van der Waals surface area (Å²) in [6.07, 6.45) is 25.6. The van der Waals surface area contributed by atoms with Gasteiger partial charge in [-0.25, -0.2) is 0 Å². The Kier molecular flexibility index (Phi) is 12.3. The van der Waals surface area contributed by atoms with Crippen LogP contribution in [0.15, 0.2) is 66.7 Å². The number of rotatable bonds is 18. The first-order chi connectivity index (χ1) is 20.1. The zero-order chi connectivity index (χ0) is 28.9. The van der Waals surface area contributed by atoms with Gasteiger partial charge in [0.25, 0.3) is 0 Å². The van der Waals surface area contributed by atoms with Crippen molar-refractivity contribution in [2.75, 3.05) is 0 Å². The lowest BCUT2D eigenvalue weighted by molar-refractivity contribution is 0.397. The average molecular weight is 549 g/mol. The molecule has 0 amide bonds. The minimum atomic E-state index is 0.150. The summed E-state index contributed by atoms with van der Waals surface area (Å²) in [4.78, 5) is 0. The Hall–Kier alpha value is -2.60. The van der Waals surface area contributed by atoms with Crippen LogP contribution in [-0.2, 0) is 18.3 Å². The molecule has 3 aromatic carbocycles. The first-order valence-corrected chi connectivity index (χ1v) is 17.1. The first kappa shape index (κ1) is 31.3. The minimum absolute atomic E-state index is 0.150. The zero-order valence-corrected chi connectivity index (χ0v) is 26.7. The SMILES string of the molecule is C/C=C/c1ccc2c(c1)C(CCCCCCCC)(CCCCCCCC)c1cc(CCc3ccc(C)cc3)ccc1-2. The van der Waals surface area contributed by atoms with Crippen LogP contribution in [0.25, 0.3) is 17.2 Å². The monoisotopic (exact) mass is 548 g/mol. The topological polar surface area (TPSA) is 0 Å². The van der Waals surface area contributed by atoms with Crippen molar-refractivity contribution in [3.05, 3.63) is 100 Å². The highest BCUT2D eigenvalue weighted by Gasteiger charge is 2.42. The summed E-state index contributed by atoms with van der Waals surface area (Å²) in [5.41, 5.74) is 12.0. The summed E-state index contributed by atoms with van der Waals surface area (Å²) in [6, 6.07) is 24.0. The van der Waals surface area contributed by atoms with Gasteiger partial charge in [0.1, 0.15) is 0 Å². The van der Waals surface area contributed by atoms with E-state index in [0.717, 1.165) is 12.8 Å². The molecule has 0 heterocycles. The molecule has 0 spiro atoms. The van der Waals surface area contributed by atoms with E-state index in [1.165, 1.54) is 123 Å². The fourth-order valence-electron chi connectivity index (χ4n) is 7.13. The fraction of sp³-hybridized carbons (Fsp3) is 0.512. The highest BCUT2D eigenvalue weighted by Crippen LogP contribution is 2.54. The maximum atomic E-state index is 2.63. The summed E-state index contributed by atoms with van der Waals surface area (Å²) in [5, 5.41) is 0. The summed E-state index contributed by atoms with van der Waals surface area (Å²) >= 11 is 0. The van der Waals surface area contributed by atoms with Crippen molar-refractivity contribution in [2.45, 2.75) is 136 Å². The second kappa shape index (κ2) is 16.1. The van der Waals surface area contributed by atoms with E-state index in [0.29, 0.717) is 0 Å². The molecule has 0 unspecified atom stereocenters. The summed E-state index contributed by atoms with van der Waals surface area (Å²) in [6.45, 7) is 8.96. The number of aryl methyl sites for hydroxylation is 3. The molecule has 41 heavy (non-hydrogen) atoms. The van der Waals surface area contributed by atoms with Crippen LogP contribution in [0.2, 0.25) is 0 Å². The Morgan fingerprint density at radius 3 is 1.68 bits per heavy atom. The van der Waals surface area contributed by atoms with E-state index in [4.69, 9.17) is 0 Å². The van der Waals surface area contributed by atoms with Crippen LogP contribution in [0.5, 0.6) is 0 Å². The highest BCUT2D eigenvalue weighted by atomic mass is 14.4. The summed E-state index contributed by atoms with van der Waals surface area (Å²) in [7, 11) is 0. The number of benzene rings is 3. The predicted molar refractivity (Wildman–Crippen MR) is 182 cm³/mol. The second-order valence-electron chi connectivity index (χ2n) is 12.8. The van der Waals surface area contributed by atoms with Gasteiger partial charge in [0.15, 0.2) is 0 Å². The predicted octanol–water partition coefficient (Wildman–Crippen LogP) is 12.6. The number of fused-ring (bicyclic) bond motifs is 3. The molecule has 0 saturated carbocycles. The molecule has 4 rings (SSSR count). The number of allylic oxidation sites excluding steroid dienone is 1. The van der Waals surface area contributed by atoms with E-state index in [9.17, 15) is 0 Å². The first-order valence-electron chi connectivity index (χ1n) is 17.1. The van der Waals surface area contributed by atoms with Crippen molar-refractivity contribution in [1.29, 1.82) is 0 Å². The van der Waals surface area contributed by atoms with Crippen LogP contribution in [0.4, 0.5) is 0 Å². The summed E-state index contributed by atoms with van der Waals surface area (Å²) < 4.78 is 0. The van der Waals surface area contributed by atoms with E-state index in [1.807, 2.05) is 0 Å². The lowest BCUT2D eigenvalue weighted by Gasteiger charge is -2.33. The Labute approximate surface area is 252 Å². The quantitative estimate of drug-likeness (QED) is 0.139. The Morgan fingerprint density at radius 2 is 1.07 bits per heavy atom. The molecule has 0 saturated heterocycles. The van der Waals surface area contributed by atoms with Gasteiger partial charge >= 0.3 is 0 Å². The second-order valence-corrected chi connectivity index (χ2v) is 12.8. The van der Waals surface area contributed by atoms with Gasteiger partial charge < -0.3 is 0 Å². The van der Waals surface area contributed by atoms with Crippen LogP contribution in [0, 0.1) is 6.92 Å². The smallest absolute Gasteiger partial charge is 0.0215 e. The Morgan fingerprint density at radius 1 is 0.561 bits per heavy atom. The minimum Gasteiger partial charge on any atom is -0.0871 e. The molecular formula is C41H56. The van der Waals surface area contributed by atoms with E-state index >= 15 is 0 Å². The molecular weight excluding hydrogens is 492 g/mol. The molecule has 0 aromatic heterocycles. The normalized spacial score (nSPS) is 13.6. The Bertz CT molecular complexity index is 1210. The maximum Gasteiger partial charge on any atom is 0.0215 e. The fourth-order valence-corrected chi connectivity index (χ4v) is 7.13. The van der Waals surface area contributed by atoms with E-state index in [-0.39, 0.29) is 5.41 Å². The van der Waals surface area contributed by atoms with Crippen molar-refractivity contribution < 1.29 is 0 Å². The van der Waals surface area contributed by atoms with Crippen LogP contribution in [0.1, 0.15) is 144 Å². The van der Waals surface area contributed by atoms with Gasteiger partial charge in [-0.2, -0.15) is 0 Å². The zero-order valence-electron chi connectivity index (χ0n) is 26.7. The van der Waals surface area contributed by atoms with Gasteiger partial charge in [-0.1, -0.05) is 169 Å². The highest BCUT2D eigenvalue weighted by molar-refractivity contribution is 5.82. The van der Waals surface area contributed by atoms with Gasteiger partial charge in [-0.15, -0.1) is 0 Å². The molecule has 0 aliphatic heterocycles. The maximum absolute atomic E-state index is 2.63. The van der Waals surface area contributed by atoms with E-state index < -0.39 is 0 Å². The molecule has 1 aliphatic rings. The van der Waals surface area contributed by atoms with Crippen LogP contribution >= 0.6 is 0 Å². The summed E-state index contributed by atoms with van der Waals surface area (Å²) in [5.74, 6) is 0. The van der Waals surface area contributed by atoms with Gasteiger partial charge in [0.2, 0.25) is 0 Å². The molecule has 0 radical (unpaired) electrons. The van der Waals surface area contributed by atoms with Gasteiger partial charge in [-0.05, 0) is 78.5 Å². The molecule has 0 heteroatoms. The van der Waals surface area contributed by atoms with Gasteiger partial charge in [-0.3, -0.25) is 0 Å². The van der Waals surface area contributed by atoms with Gasteiger partial charge in [0.05, 0.1) is 0 Å². The lowest BCUT2D eigenvalue weighted by Crippen LogP contribution is -2.26. The standard InChI is InChI=1S/C41H56/c1-5-8-10-12-14-16-29-41(30-17-15-13-11-9-6-2)39-31-35(18-7-3)25-27-37(39)38-28-26-36(32-40(38)41)24-23-34-21-19-33(4)20-22-34/h7,18-22,25-28,31-32H,5-6,8-17,23-24,29-30H2,1-4H3/b18-7+. The third kappa shape index (κ3) is 8.24. The largest absolute Gasteiger partial charge is 0.0871 e. The number of hydrogen-bond donors (Lipinski definition) is 0. The third-order valence-corrected chi connectivity index (χ3v) is 9.55. The molecule has 0 fully saturated rings.